The minimum Gasteiger partial charge on any atom is -0.492 e. The second-order valence-corrected chi connectivity index (χ2v) is 6.54. The Kier molecular flexibility index (Phi) is 11.2. The van der Waals surface area contributed by atoms with E-state index in [4.69, 9.17) is 9.47 Å². The quantitative estimate of drug-likeness (QED) is 0.175. The van der Waals surface area contributed by atoms with Gasteiger partial charge in [-0.05, 0) is 48.9 Å². The molecule has 7 heteroatoms. The molecule has 1 heterocycles. The van der Waals surface area contributed by atoms with Crippen LogP contribution in [-0.4, -0.2) is 30.6 Å². The molecule has 0 unspecified atom stereocenters. The van der Waals surface area contributed by atoms with Crippen molar-refractivity contribution in [2.24, 2.45) is 4.99 Å². The first-order valence-electron chi connectivity index (χ1n) is 10.1. The Balaban J connectivity index is 0.00000341. The van der Waals surface area contributed by atoms with E-state index in [1.807, 2.05) is 79.7 Å². The minimum atomic E-state index is 0. The van der Waals surface area contributed by atoms with E-state index in [9.17, 15) is 0 Å². The first-order chi connectivity index (χ1) is 14.8. The second kappa shape index (κ2) is 14.2. The van der Waals surface area contributed by atoms with E-state index in [1.165, 1.54) is 0 Å². The fourth-order valence-electron chi connectivity index (χ4n) is 2.74. The minimum absolute atomic E-state index is 0. The van der Waals surface area contributed by atoms with Gasteiger partial charge < -0.3 is 20.1 Å². The average Bonchev–Trinajstić information content (AvgIpc) is 2.80. The van der Waals surface area contributed by atoms with Gasteiger partial charge in [-0.1, -0.05) is 36.4 Å². The molecule has 0 bridgehead atoms. The smallest absolute Gasteiger partial charge is 0.191 e. The number of para-hydroxylation sites is 1. The van der Waals surface area contributed by atoms with Crippen LogP contribution in [0.15, 0.2) is 84.0 Å². The van der Waals surface area contributed by atoms with Crippen LogP contribution >= 0.6 is 24.0 Å². The fourth-order valence-corrected chi connectivity index (χ4v) is 2.74. The normalized spacial score (nSPS) is 10.7. The molecule has 3 aromatic rings. The van der Waals surface area contributed by atoms with Gasteiger partial charge in [-0.2, -0.15) is 0 Å². The van der Waals surface area contributed by atoms with Crippen LogP contribution in [0.4, 0.5) is 0 Å². The molecule has 2 N–H and O–H groups in total. The number of hydrogen-bond donors (Lipinski definition) is 2. The summed E-state index contributed by atoms with van der Waals surface area (Å²) in [6.07, 6.45) is 1.77. The van der Waals surface area contributed by atoms with Crippen LogP contribution in [0.3, 0.4) is 0 Å². The predicted octanol–water partition coefficient (Wildman–Crippen LogP) is 4.41. The second-order valence-electron chi connectivity index (χ2n) is 6.54. The zero-order chi connectivity index (χ0) is 20.9. The summed E-state index contributed by atoms with van der Waals surface area (Å²) in [5.74, 6) is 2.43. The van der Waals surface area contributed by atoms with Gasteiger partial charge in [0.1, 0.15) is 24.7 Å². The number of nitrogens with zero attached hydrogens (tertiary/aromatic N) is 2. The lowest BCUT2D eigenvalue weighted by Crippen LogP contribution is -2.39. The summed E-state index contributed by atoms with van der Waals surface area (Å²) in [6, 6.07) is 23.6. The molecule has 1 aromatic heterocycles. The summed E-state index contributed by atoms with van der Waals surface area (Å²) in [4.78, 5) is 8.94. The molecule has 0 saturated carbocycles. The number of halogens is 1. The van der Waals surface area contributed by atoms with Gasteiger partial charge >= 0.3 is 0 Å². The SMILES string of the molecule is CCNC(=NCc1cccc(OCc2ccccn2)c1)NCCOc1ccccc1.I. The molecule has 2 aromatic carbocycles. The van der Waals surface area contributed by atoms with Crippen molar-refractivity contribution in [3.8, 4) is 11.5 Å². The van der Waals surface area contributed by atoms with Crippen molar-refractivity contribution < 1.29 is 9.47 Å². The number of nitrogens with one attached hydrogen (secondary N) is 2. The Labute approximate surface area is 201 Å². The maximum absolute atomic E-state index is 5.85. The number of pyridine rings is 1. The van der Waals surface area contributed by atoms with E-state index in [0.29, 0.717) is 26.3 Å². The number of aliphatic imine (C=N–C) groups is 1. The van der Waals surface area contributed by atoms with E-state index >= 15 is 0 Å². The third-order valence-electron chi connectivity index (χ3n) is 4.18. The number of rotatable bonds is 10. The molecular formula is C24H29IN4O2. The monoisotopic (exact) mass is 532 g/mol. The fraction of sp³-hybridized carbons (Fsp3) is 0.250. The first-order valence-corrected chi connectivity index (χ1v) is 10.1. The van der Waals surface area contributed by atoms with E-state index in [1.54, 1.807) is 6.20 Å². The van der Waals surface area contributed by atoms with E-state index in [-0.39, 0.29) is 24.0 Å². The predicted molar refractivity (Wildman–Crippen MR) is 135 cm³/mol. The van der Waals surface area contributed by atoms with Gasteiger partial charge in [0.25, 0.3) is 0 Å². The lowest BCUT2D eigenvalue weighted by Gasteiger charge is -2.12. The molecule has 0 spiro atoms. The highest BCUT2D eigenvalue weighted by Gasteiger charge is 2.01. The molecule has 0 aliphatic heterocycles. The largest absolute Gasteiger partial charge is 0.492 e. The number of ether oxygens (including phenoxy) is 2. The van der Waals surface area contributed by atoms with Crippen LogP contribution in [0.25, 0.3) is 0 Å². The van der Waals surface area contributed by atoms with Gasteiger partial charge in [-0.25, -0.2) is 4.99 Å². The molecule has 0 fully saturated rings. The summed E-state index contributed by atoms with van der Waals surface area (Å²) in [5, 5.41) is 6.55. The molecule has 6 nitrogen and oxygen atoms in total. The van der Waals surface area contributed by atoms with Crippen molar-refractivity contribution >= 4 is 29.9 Å². The van der Waals surface area contributed by atoms with E-state index < -0.39 is 0 Å². The standard InChI is InChI=1S/C24H28N4O2.HI/c1-2-25-24(27-15-16-29-22-11-4-3-5-12-22)28-18-20-9-8-13-23(17-20)30-19-21-10-6-7-14-26-21;/h3-14,17H,2,15-16,18-19H2,1H3,(H2,25,27,28);1H. The Hall–Kier alpha value is -2.81. The lowest BCUT2D eigenvalue weighted by molar-refractivity contribution is 0.301. The summed E-state index contributed by atoms with van der Waals surface area (Å²) in [6.45, 7) is 5.05. The molecule has 0 aliphatic rings. The van der Waals surface area contributed by atoms with Crippen molar-refractivity contribution in [1.82, 2.24) is 15.6 Å². The molecule has 0 radical (unpaired) electrons. The van der Waals surface area contributed by atoms with Crippen molar-refractivity contribution in [3.05, 3.63) is 90.3 Å². The van der Waals surface area contributed by atoms with Gasteiger partial charge in [0, 0.05) is 12.7 Å². The van der Waals surface area contributed by atoms with Gasteiger partial charge in [-0.15, -0.1) is 24.0 Å². The Morgan fingerprint density at radius 3 is 2.48 bits per heavy atom. The van der Waals surface area contributed by atoms with Crippen molar-refractivity contribution in [2.45, 2.75) is 20.1 Å². The van der Waals surface area contributed by atoms with Crippen LogP contribution in [0.5, 0.6) is 11.5 Å². The summed E-state index contributed by atoms with van der Waals surface area (Å²) >= 11 is 0. The zero-order valence-electron chi connectivity index (χ0n) is 17.7. The molecule has 164 valence electrons. The van der Waals surface area contributed by atoms with E-state index in [2.05, 4.69) is 20.6 Å². The maximum Gasteiger partial charge on any atom is 0.191 e. The summed E-state index contributed by atoms with van der Waals surface area (Å²) in [7, 11) is 0. The van der Waals surface area contributed by atoms with Crippen molar-refractivity contribution in [3.63, 3.8) is 0 Å². The Morgan fingerprint density at radius 2 is 1.71 bits per heavy atom. The molecule has 31 heavy (non-hydrogen) atoms. The van der Waals surface area contributed by atoms with Gasteiger partial charge in [0.2, 0.25) is 0 Å². The van der Waals surface area contributed by atoms with Crippen LogP contribution in [0.2, 0.25) is 0 Å². The van der Waals surface area contributed by atoms with Crippen molar-refractivity contribution in [2.75, 3.05) is 19.7 Å². The Morgan fingerprint density at radius 1 is 0.903 bits per heavy atom. The van der Waals surface area contributed by atoms with Gasteiger partial charge in [0.05, 0.1) is 18.8 Å². The van der Waals surface area contributed by atoms with E-state index in [0.717, 1.165) is 35.3 Å². The van der Waals surface area contributed by atoms with Gasteiger partial charge in [-0.3, -0.25) is 4.98 Å². The number of benzene rings is 2. The van der Waals surface area contributed by atoms with Gasteiger partial charge in [0.15, 0.2) is 5.96 Å². The topological polar surface area (TPSA) is 67.8 Å². The number of hydrogen-bond acceptors (Lipinski definition) is 4. The highest BCUT2D eigenvalue weighted by Crippen LogP contribution is 2.15. The van der Waals surface area contributed by atoms with Crippen molar-refractivity contribution in [1.29, 1.82) is 0 Å². The Bertz CT molecular complexity index is 908. The van der Waals surface area contributed by atoms with Crippen LogP contribution in [0, 0.1) is 0 Å². The maximum atomic E-state index is 5.85. The summed E-state index contributed by atoms with van der Waals surface area (Å²) in [5.41, 5.74) is 1.98. The molecule has 0 saturated heterocycles. The van der Waals surface area contributed by atoms with Crippen LogP contribution in [0.1, 0.15) is 18.2 Å². The van der Waals surface area contributed by atoms with Crippen LogP contribution in [-0.2, 0) is 13.2 Å². The molecule has 0 amide bonds. The number of guanidine groups is 1. The summed E-state index contributed by atoms with van der Waals surface area (Å²) < 4.78 is 11.6. The zero-order valence-corrected chi connectivity index (χ0v) is 20.0. The molecule has 3 rings (SSSR count). The third-order valence-corrected chi connectivity index (χ3v) is 4.18. The molecular weight excluding hydrogens is 503 g/mol. The average molecular weight is 532 g/mol. The molecule has 0 aliphatic carbocycles. The third kappa shape index (κ3) is 9.25. The van der Waals surface area contributed by atoms with Crippen LogP contribution < -0.4 is 20.1 Å². The number of aromatic nitrogens is 1. The highest BCUT2D eigenvalue weighted by molar-refractivity contribution is 14.0. The lowest BCUT2D eigenvalue weighted by atomic mass is 10.2. The first kappa shape index (κ1) is 24.5. The highest BCUT2D eigenvalue weighted by atomic mass is 127. The molecule has 0 atom stereocenters.